The van der Waals surface area contributed by atoms with E-state index < -0.39 is 0 Å². The number of fused-ring (bicyclic) bond motifs is 1. The third-order valence-corrected chi connectivity index (χ3v) is 4.64. The van der Waals surface area contributed by atoms with Crippen LogP contribution >= 0.6 is 11.3 Å². The topological polar surface area (TPSA) is 111 Å². The van der Waals surface area contributed by atoms with E-state index in [1.807, 2.05) is 25.1 Å². The molecule has 1 aliphatic rings. The summed E-state index contributed by atoms with van der Waals surface area (Å²) < 4.78 is 5.98. The minimum atomic E-state index is -0.332. The van der Waals surface area contributed by atoms with E-state index in [2.05, 4.69) is 10.1 Å². The maximum atomic E-state index is 11.2. The largest absolute Gasteiger partial charge is 0.486 e. The van der Waals surface area contributed by atoms with Crippen LogP contribution in [0.25, 0.3) is 0 Å². The van der Waals surface area contributed by atoms with E-state index in [9.17, 15) is 4.79 Å². The van der Waals surface area contributed by atoms with E-state index in [1.54, 1.807) is 5.38 Å². The SMILES string of the molecule is CC(O/N=C(\C=O)c1csc(N)n1)C1CCc2cc(C=N)ccc2O1. The average Bonchev–Trinajstić information content (AvgIpc) is 3.07. The Bertz CT molecular complexity index is 818. The summed E-state index contributed by atoms with van der Waals surface area (Å²) in [6.45, 7) is 1.85. The van der Waals surface area contributed by atoms with Crippen molar-refractivity contribution in [3.05, 3.63) is 40.4 Å². The molecular weight excluding hydrogens is 340 g/mol. The number of carbonyl (C=O) groups excluding carboxylic acids is 1. The third kappa shape index (κ3) is 3.85. The minimum Gasteiger partial charge on any atom is -0.486 e. The lowest BCUT2D eigenvalue weighted by molar-refractivity contribution is -0.103. The standard InChI is InChI=1S/C17H18N4O3S/c1-10(24-21-13(8-22)14-9-25-17(19)20-14)15-5-3-12-6-11(7-18)2-4-16(12)23-15/h2,4,6-10,15,18H,3,5H2,1H3,(H2,19,20)/b18-7?,21-13+. The Morgan fingerprint density at radius 2 is 2.44 bits per heavy atom. The molecule has 2 heterocycles. The Morgan fingerprint density at radius 1 is 1.60 bits per heavy atom. The molecular formula is C17H18N4O3S. The molecule has 0 amide bonds. The van der Waals surface area contributed by atoms with E-state index in [1.165, 1.54) is 17.6 Å². The first-order chi connectivity index (χ1) is 12.1. The van der Waals surface area contributed by atoms with Crippen molar-refractivity contribution in [1.82, 2.24) is 4.98 Å². The van der Waals surface area contributed by atoms with Gasteiger partial charge in [0, 0.05) is 11.6 Å². The van der Waals surface area contributed by atoms with Crippen molar-refractivity contribution in [2.75, 3.05) is 5.73 Å². The van der Waals surface area contributed by atoms with Gasteiger partial charge in [-0.2, -0.15) is 0 Å². The van der Waals surface area contributed by atoms with Crippen molar-refractivity contribution in [2.45, 2.75) is 32.0 Å². The van der Waals surface area contributed by atoms with Crippen molar-refractivity contribution in [3.8, 4) is 5.75 Å². The van der Waals surface area contributed by atoms with Gasteiger partial charge < -0.3 is 20.7 Å². The summed E-state index contributed by atoms with van der Waals surface area (Å²) in [7, 11) is 0. The van der Waals surface area contributed by atoms with Crippen molar-refractivity contribution in [2.24, 2.45) is 5.16 Å². The van der Waals surface area contributed by atoms with Crippen LogP contribution in [0.3, 0.4) is 0 Å². The van der Waals surface area contributed by atoms with Crippen LogP contribution in [0.2, 0.25) is 0 Å². The molecule has 0 bridgehead atoms. The van der Waals surface area contributed by atoms with Crippen LogP contribution in [-0.2, 0) is 16.1 Å². The fourth-order valence-corrected chi connectivity index (χ4v) is 3.15. The predicted molar refractivity (Wildman–Crippen MR) is 96.7 cm³/mol. The molecule has 25 heavy (non-hydrogen) atoms. The normalized spacial score (nSPS) is 18.0. The first kappa shape index (κ1) is 17.1. The third-order valence-electron chi connectivity index (χ3n) is 3.96. The number of ether oxygens (including phenoxy) is 1. The zero-order chi connectivity index (χ0) is 17.8. The van der Waals surface area contributed by atoms with Crippen molar-refractivity contribution in [3.63, 3.8) is 0 Å². The summed E-state index contributed by atoms with van der Waals surface area (Å²) in [6.07, 6.45) is 3.01. The molecule has 2 aromatic rings. The molecule has 1 aliphatic heterocycles. The number of nitrogen functional groups attached to an aromatic ring is 1. The highest BCUT2D eigenvalue weighted by molar-refractivity contribution is 7.13. The number of hydrogen-bond acceptors (Lipinski definition) is 8. The number of hydrogen-bond donors (Lipinski definition) is 2. The molecule has 0 aliphatic carbocycles. The van der Waals surface area contributed by atoms with E-state index in [0.717, 1.165) is 29.7 Å². The summed E-state index contributed by atoms with van der Waals surface area (Å²) >= 11 is 1.24. The lowest BCUT2D eigenvalue weighted by atomic mass is 9.98. The highest BCUT2D eigenvalue weighted by Gasteiger charge is 2.26. The maximum Gasteiger partial charge on any atom is 0.180 e. The smallest absolute Gasteiger partial charge is 0.180 e. The number of anilines is 1. The molecule has 7 nitrogen and oxygen atoms in total. The number of nitrogens with zero attached hydrogens (tertiary/aromatic N) is 2. The van der Waals surface area contributed by atoms with E-state index in [0.29, 0.717) is 17.1 Å². The Morgan fingerprint density at radius 3 is 3.12 bits per heavy atom. The number of carbonyl (C=O) groups is 1. The van der Waals surface area contributed by atoms with Crippen molar-refractivity contribution >= 4 is 34.7 Å². The number of oxime groups is 1. The number of nitrogens with two attached hydrogens (primary N) is 1. The molecule has 0 radical (unpaired) electrons. The lowest BCUT2D eigenvalue weighted by Gasteiger charge is -2.29. The Labute approximate surface area is 149 Å². The average molecular weight is 358 g/mol. The van der Waals surface area contributed by atoms with E-state index in [4.69, 9.17) is 20.7 Å². The van der Waals surface area contributed by atoms with Crippen LogP contribution in [-0.4, -0.2) is 35.4 Å². The highest BCUT2D eigenvalue weighted by Crippen LogP contribution is 2.30. The highest BCUT2D eigenvalue weighted by atomic mass is 32.1. The number of aldehydes is 1. The van der Waals surface area contributed by atoms with Gasteiger partial charge in [0.15, 0.2) is 23.2 Å². The molecule has 1 aromatic carbocycles. The van der Waals surface area contributed by atoms with Crippen LogP contribution in [0.1, 0.15) is 30.2 Å². The molecule has 0 fully saturated rings. The maximum absolute atomic E-state index is 11.2. The second-order valence-corrected chi connectivity index (χ2v) is 6.57. The lowest BCUT2D eigenvalue weighted by Crippen LogP contribution is -2.34. The number of benzene rings is 1. The number of nitrogens with one attached hydrogen (secondary N) is 1. The quantitative estimate of drug-likeness (QED) is 0.468. The zero-order valence-electron chi connectivity index (χ0n) is 13.6. The van der Waals surface area contributed by atoms with Gasteiger partial charge in [0.05, 0.1) is 0 Å². The molecule has 0 spiro atoms. The Hall–Kier alpha value is -2.74. The monoisotopic (exact) mass is 358 g/mol. The first-order valence-corrected chi connectivity index (χ1v) is 8.69. The zero-order valence-corrected chi connectivity index (χ0v) is 14.5. The van der Waals surface area contributed by atoms with Gasteiger partial charge in [-0.15, -0.1) is 11.3 Å². The van der Waals surface area contributed by atoms with Crippen LogP contribution in [0, 0.1) is 5.41 Å². The van der Waals surface area contributed by atoms with Crippen LogP contribution < -0.4 is 10.5 Å². The molecule has 1 aromatic heterocycles. The van der Waals surface area contributed by atoms with Gasteiger partial charge in [0.1, 0.15) is 17.5 Å². The summed E-state index contributed by atoms with van der Waals surface area (Å²) in [4.78, 5) is 20.7. The summed E-state index contributed by atoms with van der Waals surface area (Å²) in [5.41, 5.74) is 8.01. The van der Waals surface area contributed by atoms with Gasteiger partial charge in [0.25, 0.3) is 0 Å². The number of aromatic nitrogens is 1. The van der Waals surface area contributed by atoms with Crippen LogP contribution in [0.4, 0.5) is 5.13 Å². The van der Waals surface area contributed by atoms with Gasteiger partial charge in [-0.05, 0) is 49.1 Å². The van der Waals surface area contributed by atoms with Crippen LogP contribution in [0.15, 0.2) is 28.7 Å². The van der Waals surface area contributed by atoms with Crippen molar-refractivity contribution in [1.29, 1.82) is 5.41 Å². The van der Waals surface area contributed by atoms with Gasteiger partial charge in [0.2, 0.25) is 0 Å². The molecule has 130 valence electrons. The second-order valence-electron chi connectivity index (χ2n) is 5.68. The summed E-state index contributed by atoms with van der Waals surface area (Å²) in [5.74, 6) is 0.796. The molecule has 3 N–H and O–H groups in total. The van der Waals surface area contributed by atoms with E-state index >= 15 is 0 Å². The van der Waals surface area contributed by atoms with Crippen molar-refractivity contribution < 1.29 is 14.4 Å². The van der Waals surface area contributed by atoms with Crippen LogP contribution in [0.5, 0.6) is 5.75 Å². The molecule has 2 atom stereocenters. The number of thiazole rings is 1. The van der Waals surface area contributed by atoms with Gasteiger partial charge in [-0.1, -0.05) is 5.16 Å². The second kappa shape index (κ2) is 7.43. The Balaban J connectivity index is 1.67. The number of aryl methyl sites for hydroxylation is 1. The molecule has 3 rings (SSSR count). The summed E-state index contributed by atoms with van der Waals surface area (Å²) in [6, 6.07) is 5.67. The predicted octanol–water partition coefficient (Wildman–Crippen LogP) is 2.42. The molecule has 2 unspecified atom stereocenters. The Kier molecular flexibility index (Phi) is 5.08. The van der Waals surface area contributed by atoms with Gasteiger partial charge in [-0.3, -0.25) is 4.79 Å². The van der Waals surface area contributed by atoms with Gasteiger partial charge in [-0.25, -0.2) is 4.98 Å². The first-order valence-electron chi connectivity index (χ1n) is 7.81. The molecule has 0 saturated carbocycles. The fraction of sp³-hybridized carbons (Fsp3) is 0.294. The molecule has 8 heteroatoms. The van der Waals surface area contributed by atoms with Gasteiger partial charge >= 0.3 is 0 Å². The number of rotatable bonds is 6. The summed E-state index contributed by atoms with van der Waals surface area (Å²) in [5, 5.41) is 13.3. The minimum absolute atomic E-state index is 0.103. The molecule has 0 saturated heterocycles. The fourth-order valence-electron chi connectivity index (χ4n) is 2.59. The van der Waals surface area contributed by atoms with E-state index in [-0.39, 0.29) is 17.9 Å².